The number of amides is 1. The van der Waals surface area contributed by atoms with Crippen LogP contribution in [0.1, 0.15) is 16.7 Å². The zero-order chi connectivity index (χ0) is 14.7. The minimum atomic E-state index is 0.000556. The van der Waals surface area contributed by atoms with E-state index in [1.165, 1.54) is 0 Å². The quantitative estimate of drug-likeness (QED) is 0.929. The molecule has 0 fully saturated rings. The maximum atomic E-state index is 12.3. The van der Waals surface area contributed by atoms with Crippen molar-refractivity contribution in [3.8, 4) is 5.75 Å². The van der Waals surface area contributed by atoms with Crippen molar-refractivity contribution < 1.29 is 9.90 Å². The van der Waals surface area contributed by atoms with E-state index in [4.69, 9.17) is 0 Å². The standard InChI is InChI=1S/C17H19NO2/c1-12-7-13(2)9-15(8-12)18(3)17(20)11-14-5-4-6-16(19)10-14/h4-10,19H,11H2,1-3H3. The number of rotatable bonds is 3. The maximum absolute atomic E-state index is 12.3. The zero-order valence-corrected chi connectivity index (χ0v) is 12.1. The van der Waals surface area contributed by atoms with E-state index in [1.807, 2.05) is 32.0 Å². The number of benzene rings is 2. The Balaban J connectivity index is 2.16. The third-order valence-corrected chi connectivity index (χ3v) is 3.23. The number of aryl methyl sites for hydroxylation is 2. The summed E-state index contributed by atoms with van der Waals surface area (Å²) in [5.41, 5.74) is 3.98. The molecule has 0 atom stereocenters. The highest BCUT2D eigenvalue weighted by molar-refractivity contribution is 5.94. The number of carbonyl (C=O) groups is 1. The molecule has 0 aliphatic heterocycles. The van der Waals surface area contributed by atoms with Crippen molar-refractivity contribution in [3.05, 3.63) is 59.2 Å². The second-order valence-corrected chi connectivity index (χ2v) is 5.15. The summed E-state index contributed by atoms with van der Waals surface area (Å²) in [7, 11) is 1.78. The summed E-state index contributed by atoms with van der Waals surface area (Å²) in [4.78, 5) is 13.9. The Morgan fingerprint density at radius 3 is 2.35 bits per heavy atom. The fraction of sp³-hybridized carbons (Fsp3) is 0.235. The van der Waals surface area contributed by atoms with Gasteiger partial charge in [-0.15, -0.1) is 0 Å². The van der Waals surface area contributed by atoms with Gasteiger partial charge in [0.05, 0.1) is 6.42 Å². The molecule has 0 spiro atoms. The molecule has 0 aromatic heterocycles. The molecule has 0 saturated carbocycles. The van der Waals surface area contributed by atoms with Gasteiger partial charge in [0.25, 0.3) is 0 Å². The molecular formula is C17H19NO2. The predicted molar refractivity (Wildman–Crippen MR) is 81.1 cm³/mol. The Bertz CT molecular complexity index is 614. The molecule has 0 aliphatic carbocycles. The number of nitrogens with zero attached hydrogens (tertiary/aromatic N) is 1. The van der Waals surface area contributed by atoms with Gasteiger partial charge in [-0.25, -0.2) is 0 Å². The van der Waals surface area contributed by atoms with Crippen molar-refractivity contribution in [2.75, 3.05) is 11.9 Å². The third kappa shape index (κ3) is 3.38. The molecule has 3 heteroatoms. The molecule has 0 radical (unpaired) electrons. The number of aromatic hydroxyl groups is 1. The van der Waals surface area contributed by atoms with E-state index in [9.17, 15) is 9.90 Å². The van der Waals surface area contributed by atoms with Crippen LogP contribution in [0.2, 0.25) is 0 Å². The number of likely N-dealkylation sites (N-methyl/N-ethyl adjacent to an activating group) is 1. The molecule has 3 nitrogen and oxygen atoms in total. The maximum Gasteiger partial charge on any atom is 0.231 e. The molecule has 0 heterocycles. The number of phenolic OH excluding ortho intramolecular Hbond substituents is 1. The molecule has 2 rings (SSSR count). The summed E-state index contributed by atoms with van der Waals surface area (Å²) in [5, 5.41) is 9.43. The van der Waals surface area contributed by atoms with Crippen LogP contribution in [0.25, 0.3) is 0 Å². The van der Waals surface area contributed by atoms with Crippen molar-refractivity contribution in [1.82, 2.24) is 0 Å². The van der Waals surface area contributed by atoms with Crippen molar-refractivity contribution in [3.63, 3.8) is 0 Å². The lowest BCUT2D eigenvalue weighted by Gasteiger charge is -2.18. The summed E-state index contributed by atoms with van der Waals surface area (Å²) < 4.78 is 0. The van der Waals surface area contributed by atoms with Gasteiger partial charge in [-0.3, -0.25) is 4.79 Å². The minimum Gasteiger partial charge on any atom is -0.508 e. The zero-order valence-electron chi connectivity index (χ0n) is 12.1. The average molecular weight is 269 g/mol. The smallest absolute Gasteiger partial charge is 0.231 e. The molecule has 1 N–H and O–H groups in total. The lowest BCUT2D eigenvalue weighted by Crippen LogP contribution is -2.27. The lowest BCUT2D eigenvalue weighted by molar-refractivity contribution is -0.117. The largest absolute Gasteiger partial charge is 0.508 e. The molecule has 0 aliphatic rings. The molecule has 20 heavy (non-hydrogen) atoms. The van der Waals surface area contributed by atoms with E-state index in [-0.39, 0.29) is 18.1 Å². The highest BCUT2D eigenvalue weighted by atomic mass is 16.3. The van der Waals surface area contributed by atoms with E-state index >= 15 is 0 Å². The van der Waals surface area contributed by atoms with E-state index in [1.54, 1.807) is 30.1 Å². The summed E-state index contributed by atoms with van der Waals surface area (Å²) in [6.45, 7) is 4.04. The fourth-order valence-electron chi connectivity index (χ4n) is 2.25. The number of phenols is 1. The fourth-order valence-corrected chi connectivity index (χ4v) is 2.25. The molecule has 0 saturated heterocycles. The predicted octanol–water partition coefficient (Wildman–Crippen LogP) is 3.21. The molecule has 1 amide bonds. The van der Waals surface area contributed by atoms with Crippen LogP contribution >= 0.6 is 0 Å². The number of hydrogen-bond donors (Lipinski definition) is 1. The van der Waals surface area contributed by atoms with Crippen LogP contribution in [0.5, 0.6) is 5.75 Å². The summed E-state index contributed by atoms with van der Waals surface area (Å²) >= 11 is 0. The molecular weight excluding hydrogens is 250 g/mol. The number of carbonyl (C=O) groups excluding carboxylic acids is 1. The molecule has 0 unspecified atom stereocenters. The second kappa shape index (κ2) is 5.78. The normalized spacial score (nSPS) is 10.3. The van der Waals surface area contributed by atoms with Crippen LogP contribution in [0.3, 0.4) is 0 Å². The number of hydrogen-bond acceptors (Lipinski definition) is 2. The van der Waals surface area contributed by atoms with Crippen molar-refractivity contribution in [1.29, 1.82) is 0 Å². The second-order valence-electron chi connectivity index (χ2n) is 5.15. The van der Waals surface area contributed by atoms with Crippen molar-refractivity contribution in [2.24, 2.45) is 0 Å². The first-order valence-electron chi connectivity index (χ1n) is 6.58. The first kappa shape index (κ1) is 14.1. The van der Waals surface area contributed by atoms with Gasteiger partial charge in [0.15, 0.2) is 0 Å². The van der Waals surface area contributed by atoms with Crippen LogP contribution in [-0.4, -0.2) is 18.1 Å². The number of anilines is 1. The van der Waals surface area contributed by atoms with E-state index < -0.39 is 0 Å². The van der Waals surface area contributed by atoms with E-state index in [0.29, 0.717) is 0 Å². The first-order valence-corrected chi connectivity index (χ1v) is 6.58. The Kier molecular flexibility index (Phi) is 4.08. The van der Waals surface area contributed by atoms with Gasteiger partial charge in [0, 0.05) is 12.7 Å². The van der Waals surface area contributed by atoms with E-state index in [2.05, 4.69) is 6.07 Å². The average Bonchev–Trinajstić information content (AvgIpc) is 2.36. The van der Waals surface area contributed by atoms with Crippen LogP contribution in [0.4, 0.5) is 5.69 Å². The summed E-state index contributed by atoms with van der Waals surface area (Å²) in [6.07, 6.45) is 0.276. The Morgan fingerprint density at radius 2 is 1.75 bits per heavy atom. The highest BCUT2D eigenvalue weighted by Crippen LogP contribution is 2.19. The molecule has 2 aromatic rings. The topological polar surface area (TPSA) is 40.5 Å². The van der Waals surface area contributed by atoms with Gasteiger partial charge in [0.2, 0.25) is 5.91 Å². The first-order chi connectivity index (χ1) is 9.45. The van der Waals surface area contributed by atoms with Gasteiger partial charge in [0.1, 0.15) is 5.75 Å². The SMILES string of the molecule is Cc1cc(C)cc(N(C)C(=O)Cc2cccc(O)c2)c1. The van der Waals surface area contributed by atoms with Crippen LogP contribution in [-0.2, 0) is 11.2 Å². The highest BCUT2D eigenvalue weighted by Gasteiger charge is 2.12. The van der Waals surface area contributed by atoms with Gasteiger partial charge in [-0.05, 0) is 54.8 Å². The van der Waals surface area contributed by atoms with Gasteiger partial charge < -0.3 is 10.0 Å². The van der Waals surface area contributed by atoms with Gasteiger partial charge in [-0.1, -0.05) is 18.2 Å². The monoisotopic (exact) mass is 269 g/mol. The lowest BCUT2D eigenvalue weighted by atomic mass is 10.1. The van der Waals surface area contributed by atoms with Crippen molar-refractivity contribution >= 4 is 11.6 Å². The van der Waals surface area contributed by atoms with Gasteiger partial charge in [-0.2, -0.15) is 0 Å². The summed E-state index contributed by atoms with van der Waals surface area (Å²) in [5.74, 6) is 0.185. The Morgan fingerprint density at radius 1 is 1.10 bits per heavy atom. The minimum absolute atomic E-state index is 0.000556. The molecule has 104 valence electrons. The Hall–Kier alpha value is -2.29. The van der Waals surface area contributed by atoms with Crippen LogP contribution < -0.4 is 4.90 Å². The third-order valence-electron chi connectivity index (χ3n) is 3.23. The van der Waals surface area contributed by atoms with Crippen molar-refractivity contribution in [2.45, 2.75) is 20.3 Å². The summed E-state index contributed by atoms with van der Waals surface area (Å²) in [6, 6.07) is 12.9. The van der Waals surface area contributed by atoms with Crippen LogP contribution in [0.15, 0.2) is 42.5 Å². The molecule has 0 bridgehead atoms. The Labute approximate surface area is 119 Å². The van der Waals surface area contributed by atoms with Crippen LogP contribution in [0, 0.1) is 13.8 Å². The van der Waals surface area contributed by atoms with E-state index in [0.717, 1.165) is 22.4 Å². The van der Waals surface area contributed by atoms with Gasteiger partial charge >= 0.3 is 0 Å². The molecule has 2 aromatic carbocycles.